The molecule has 2 aliphatic heterocycles. The van der Waals surface area contributed by atoms with Crippen LogP contribution in [0.4, 0.5) is 5.13 Å². The van der Waals surface area contributed by atoms with E-state index in [2.05, 4.69) is 9.88 Å². The highest BCUT2D eigenvalue weighted by Gasteiger charge is 2.36. The van der Waals surface area contributed by atoms with Crippen LogP contribution in [-0.2, 0) is 9.59 Å². The Morgan fingerprint density at radius 2 is 1.74 bits per heavy atom. The normalized spacial score (nSPS) is 25.6. The Balaban J connectivity index is 1.59. The highest BCUT2D eigenvalue weighted by Crippen LogP contribution is 2.24. The second kappa shape index (κ2) is 6.86. The predicted molar refractivity (Wildman–Crippen MR) is 90.5 cm³/mol. The first kappa shape index (κ1) is 16.2. The zero-order chi connectivity index (χ0) is 16.4. The van der Waals surface area contributed by atoms with Gasteiger partial charge in [0.2, 0.25) is 0 Å². The van der Waals surface area contributed by atoms with Gasteiger partial charge in [-0.05, 0) is 33.1 Å². The van der Waals surface area contributed by atoms with Crippen LogP contribution in [0.1, 0.15) is 33.1 Å². The van der Waals surface area contributed by atoms with Gasteiger partial charge >= 0.3 is 11.8 Å². The van der Waals surface area contributed by atoms with Crippen molar-refractivity contribution in [1.29, 1.82) is 0 Å². The molecule has 7 heteroatoms. The fraction of sp³-hybridized carbons (Fsp3) is 0.688. The molecule has 2 saturated heterocycles. The van der Waals surface area contributed by atoms with E-state index in [0.29, 0.717) is 13.1 Å². The van der Waals surface area contributed by atoms with Gasteiger partial charge in [0.05, 0.1) is 0 Å². The number of anilines is 1. The van der Waals surface area contributed by atoms with E-state index in [9.17, 15) is 9.59 Å². The number of rotatable bonds is 1. The molecule has 0 radical (unpaired) electrons. The third kappa shape index (κ3) is 3.34. The van der Waals surface area contributed by atoms with E-state index in [1.165, 1.54) is 0 Å². The highest BCUT2D eigenvalue weighted by molar-refractivity contribution is 7.13. The van der Waals surface area contributed by atoms with Crippen LogP contribution in [0, 0.1) is 0 Å². The largest absolute Gasteiger partial charge is 0.345 e. The van der Waals surface area contributed by atoms with E-state index in [1.807, 2.05) is 19.2 Å². The van der Waals surface area contributed by atoms with E-state index in [-0.39, 0.29) is 23.9 Å². The number of hydrogen-bond donors (Lipinski definition) is 0. The second-order valence-corrected chi connectivity index (χ2v) is 7.31. The number of aromatic nitrogens is 1. The van der Waals surface area contributed by atoms with E-state index in [0.717, 1.165) is 37.5 Å². The number of carbonyl (C=O) groups excluding carboxylic acids is 2. The molecule has 0 aromatic carbocycles. The van der Waals surface area contributed by atoms with Crippen LogP contribution >= 0.6 is 11.3 Å². The van der Waals surface area contributed by atoms with Gasteiger partial charge in [-0.25, -0.2) is 4.98 Å². The van der Waals surface area contributed by atoms with Crippen LogP contribution in [0.15, 0.2) is 11.6 Å². The minimum absolute atomic E-state index is 0.159. The van der Waals surface area contributed by atoms with Gasteiger partial charge in [0.1, 0.15) is 0 Å². The van der Waals surface area contributed by atoms with Crippen molar-refractivity contribution in [3.8, 4) is 0 Å². The Kier molecular flexibility index (Phi) is 4.84. The maximum Gasteiger partial charge on any atom is 0.312 e. The predicted octanol–water partition coefficient (Wildman–Crippen LogP) is 1.58. The summed E-state index contributed by atoms with van der Waals surface area (Å²) in [4.78, 5) is 35.2. The van der Waals surface area contributed by atoms with Crippen LogP contribution in [0.3, 0.4) is 0 Å². The summed E-state index contributed by atoms with van der Waals surface area (Å²) in [6.07, 6.45) is 4.90. The fourth-order valence-corrected chi connectivity index (χ4v) is 4.24. The molecule has 2 fully saturated rings. The van der Waals surface area contributed by atoms with E-state index >= 15 is 0 Å². The monoisotopic (exact) mass is 336 g/mol. The standard InChI is InChI=1S/C16H24N4O2S/c1-12-4-3-5-13(2)20(12)15(22)14(21)18-7-9-19(10-8-18)16-17-6-11-23-16/h6,11-13H,3-5,7-10H2,1-2H3/t12-,13+. The van der Waals surface area contributed by atoms with Gasteiger partial charge in [-0.1, -0.05) is 0 Å². The van der Waals surface area contributed by atoms with Crippen molar-refractivity contribution in [1.82, 2.24) is 14.8 Å². The van der Waals surface area contributed by atoms with E-state index in [1.54, 1.807) is 27.3 Å². The molecule has 3 rings (SSSR count). The highest BCUT2D eigenvalue weighted by atomic mass is 32.1. The van der Waals surface area contributed by atoms with Crippen molar-refractivity contribution in [3.05, 3.63) is 11.6 Å². The number of likely N-dealkylation sites (tertiary alicyclic amines) is 1. The Labute approximate surface area is 141 Å². The Bertz CT molecular complexity index is 544. The zero-order valence-corrected chi connectivity index (χ0v) is 14.6. The summed E-state index contributed by atoms with van der Waals surface area (Å²) >= 11 is 1.60. The molecule has 3 heterocycles. The Morgan fingerprint density at radius 3 is 2.30 bits per heavy atom. The van der Waals surface area contributed by atoms with Gasteiger partial charge in [0, 0.05) is 49.8 Å². The summed E-state index contributed by atoms with van der Waals surface area (Å²) in [6.45, 7) is 6.72. The van der Waals surface area contributed by atoms with Gasteiger partial charge in [-0.2, -0.15) is 0 Å². The molecule has 6 nitrogen and oxygen atoms in total. The second-order valence-electron chi connectivity index (χ2n) is 6.44. The van der Waals surface area contributed by atoms with E-state index < -0.39 is 0 Å². The van der Waals surface area contributed by atoms with Crippen LogP contribution in [0.5, 0.6) is 0 Å². The average Bonchev–Trinajstić information content (AvgIpc) is 3.08. The van der Waals surface area contributed by atoms with Gasteiger partial charge in [-0.3, -0.25) is 9.59 Å². The maximum absolute atomic E-state index is 12.6. The van der Waals surface area contributed by atoms with Crippen LogP contribution in [0.2, 0.25) is 0 Å². The molecular formula is C16H24N4O2S. The first-order valence-corrected chi connectivity index (χ1v) is 9.22. The summed E-state index contributed by atoms with van der Waals surface area (Å²) in [7, 11) is 0. The summed E-state index contributed by atoms with van der Waals surface area (Å²) in [6, 6.07) is 0.318. The first-order chi connectivity index (χ1) is 11.1. The number of amides is 2. The molecule has 0 spiro atoms. The molecule has 0 N–H and O–H groups in total. The lowest BCUT2D eigenvalue weighted by atomic mass is 9.97. The van der Waals surface area contributed by atoms with Crippen LogP contribution in [-0.4, -0.2) is 64.9 Å². The van der Waals surface area contributed by atoms with Crippen LogP contribution in [0.25, 0.3) is 0 Å². The zero-order valence-electron chi connectivity index (χ0n) is 13.8. The number of thiazole rings is 1. The lowest BCUT2D eigenvalue weighted by Gasteiger charge is -2.40. The Morgan fingerprint density at radius 1 is 1.09 bits per heavy atom. The number of piperidine rings is 1. The van der Waals surface area contributed by atoms with Crippen molar-refractivity contribution < 1.29 is 9.59 Å². The SMILES string of the molecule is C[C@@H]1CCC[C@H](C)N1C(=O)C(=O)N1CCN(c2nccs2)CC1. The van der Waals surface area contributed by atoms with Gasteiger partial charge in [0.15, 0.2) is 5.13 Å². The molecule has 126 valence electrons. The van der Waals surface area contributed by atoms with Crippen molar-refractivity contribution >= 4 is 28.3 Å². The van der Waals surface area contributed by atoms with Crippen molar-refractivity contribution in [3.63, 3.8) is 0 Å². The number of piperazine rings is 1. The topological polar surface area (TPSA) is 56.8 Å². The molecule has 2 aliphatic rings. The lowest BCUT2D eigenvalue weighted by molar-refractivity contribution is -0.155. The van der Waals surface area contributed by atoms with E-state index in [4.69, 9.17) is 0 Å². The lowest BCUT2D eigenvalue weighted by Crippen LogP contribution is -2.57. The quantitative estimate of drug-likeness (QED) is 0.731. The molecule has 1 aromatic rings. The number of carbonyl (C=O) groups is 2. The molecule has 1 aromatic heterocycles. The smallest absolute Gasteiger partial charge is 0.312 e. The summed E-state index contributed by atoms with van der Waals surface area (Å²) in [5, 5.41) is 2.94. The molecule has 0 unspecified atom stereocenters. The minimum atomic E-state index is -0.343. The van der Waals surface area contributed by atoms with Crippen molar-refractivity contribution in [2.75, 3.05) is 31.1 Å². The molecule has 2 amide bonds. The summed E-state index contributed by atoms with van der Waals surface area (Å²) in [5.74, 6) is -0.670. The molecule has 0 saturated carbocycles. The average molecular weight is 336 g/mol. The fourth-order valence-electron chi connectivity index (χ4n) is 3.54. The third-order valence-electron chi connectivity index (χ3n) is 4.87. The maximum atomic E-state index is 12.6. The Hall–Kier alpha value is -1.63. The summed E-state index contributed by atoms with van der Waals surface area (Å²) < 4.78 is 0. The number of hydrogen-bond acceptors (Lipinski definition) is 5. The third-order valence-corrected chi connectivity index (χ3v) is 5.70. The number of nitrogens with zero attached hydrogens (tertiary/aromatic N) is 4. The summed E-state index contributed by atoms with van der Waals surface area (Å²) in [5.41, 5.74) is 0. The molecule has 0 aliphatic carbocycles. The molecule has 23 heavy (non-hydrogen) atoms. The van der Waals surface area contributed by atoms with Gasteiger partial charge < -0.3 is 14.7 Å². The van der Waals surface area contributed by atoms with Crippen molar-refractivity contribution in [2.24, 2.45) is 0 Å². The first-order valence-electron chi connectivity index (χ1n) is 8.34. The minimum Gasteiger partial charge on any atom is -0.345 e. The molecule has 0 bridgehead atoms. The molecular weight excluding hydrogens is 312 g/mol. The van der Waals surface area contributed by atoms with Crippen molar-refractivity contribution in [2.45, 2.75) is 45.2 Å². The molecule has 2 atom stereocenters. The van der Waals surface area contributed by atoms with Crippen LogP contribution < -0.4 is 4.90 Å². The van der Waals surface area contributed by atoms with Gasteiger partial charge in [0.25, 0.3) is 0 Å². The van der Waals surface area contributed by atoms with Gasteiger partial charge in [-0.15, -0.1) is 11.3 Å².